The second-order valence-corrected chi connectivity index (χ2v) is 5.04. The van der Waals surface area contributed by atoms with Gasteiger partial charge in [0, 0.05) is 36.3 Å². The van der Waals surface area contributed by atoms with Crippen molar-refractivity contribution in [3.8, 4) is 5.75 Å². The zero-order chi connectivity index (χ0) is 17.0. The van der Waals surface area contributed by atoms with Crippen molar-refractivity contribution in [1.82, 2.24) is 9.88 Å². The summed E-state index contributed by atoms with van der Waals surface area (Å²) in [5, 5.41) is 3.61. The zero-order valence-electron chi connectivity index (χ0n) is 13.7. The molecule has 1 aromatic heterocycles. The fourth-order valence-electron chi connectivity index (χ4n) is 2.43. The maximum atomic E-state index is 12.5. The van der Waals surface area contributed by atoms with Crippen LogP contribution in [0.5, 0.6) is 5.75 Å². The number of benzene rings is 1. The zero-order valence-corrected chi connectivity index (χ0v) is 13.7. The van der Waals surface area contributed by atoms with E-state index in [1.165, 1.54) is 13.2 Å². The van der Waals surface area contributed by atoms with Gasteiger partial charge in [-0.2, -0.15) is 0 Å². The lowest BCUT2D eigenvalue weighted by Crippen LogP contribution is -2.24. The van der Waals surface area contributed by atoms with E-state index >= 15 is 0 Å². The van der Waals surface area contributed by atoms with E-state index in [1.807, 2.05) is 36.7 Å². The molecule has 1 N–H and O–H groups in total. The number of nitrogens with zero attached hydrogens (tertiary/aromatic N) is 1. The number of hydrogen-bond donors (Lipinski definition) is 1. The lowest BCUT2D eigenvalue weighted by Gasteiger charge is -2.04. The Morgan fingerprint density at radius 1 is 1.30 bits per heavy atom. The lowest BCUT2D eigenvalue weighted by atomic mass is 10.1. The summed E-state index contributed by atoms with van der Waals surface area (Å²) in [7, 11) is 4.81. The lowest BCUT2D eigenvalue weighted by molar-refractivity contribution is -0.134. The van der Waals surface area contributed by atoms with Crippen LogP contribution < -0.4 is 10.1 Å². The summed E-state index contributed by atoms with van der Waals surface area (Å²) in [6.45, 7) is 2.14. The molecule has 0 aliphatic heterocycles. The van der Waals surface area contributed by atoms with Gasteiger partial charge in [0.05, 0.1) is 19.8 Å². The predicted molar refractivity (Wildman–Crippen MR) is 87.7 cm³/mol. The van der Waals surface area contributed by atoms with Gasteiger partial charge in [0.25, 0.3) is 5.91 Å². The van der Waals surface area contributed by atoms with E-state index in [0.717, 1.165) is 16.6 Å². The third-order valence-electron chi connectivity index (χ3n) is 3.76. The van der Waals surface area contributed by atoms with Crippen molar-refractivity contribution < 1.29 is 19.1 Å². The van der Waals surface area contributed by atoms with Crippen LogP contribution in [-0.4, -0.2) is 37.2 Å². The number of methoxy groups -OCH3 is 2. The van der Waals surface area contributed by atoms with Crippen molar-refractivity contribution in [3.05, 3.63) is 41.6 Å². The van der Waals surface area contributed by atoms with Gasteiger partial charge >= 0.3 is 5.97 Å². The van der Waals surface area contributed by atoms with E-state index in [1.54, 1.807) is 13.2 Å². The number of carbonyl (C=O) groups is 2. The number of nitrogens with one attached hydrogen (secondary N) is 1. The molecule has 0 unspecified atom stereocenters. The van der Waals surface area contributed by atoms with E-state index in [4.69, 9.17) is 4.74 Å². The molecule has 0 spiro atoms. The Kier molecular flexibility index (Phi) is 5.05. The highest BCUT2D eigenvalue weighted by Crippen LogP contribution is 2.28. The summed E-state index contributed by atoms with van der Waals surface area (Å²) in [5.74, 6) is 0.0453. The minimum absolute atomic E-state index is 0.198. The average Bonchev–Trinajstić information content (AvgIpc) is 2.81. The van der Waals surface area contributed by atoms with Crippen LogP contribution in [0.2, 0.25) is 0 Å². The van der Waals surface area contributed by atoms with Crippen molar-refractivity contribution in [2.75, 3.05) is 20.8 Å². The van der Waals surface area contributed by atoms with E-state index in [2.05, 4.69) is 10.1 Å². The van der Waals surface area contributed by atoms with E-state index in [9.17, 15) is 9.59 Å². The largest absolute Gasteiger partial charge is 0.497 e. The number of amides is 1. The number of carbonyl (C=O) groups excluding carboxylic acids is 2. The van der Waals surface area contributed by atoms with Gasteiger partial charge in [-0.25, -0.2) is 4.79 Å². The molecule has 2 rings (SSSR count). The molecule has 6 nitrogen and oxygen atoms in total. The quantitative estimate of drug-likeness (QED) is 0.676. The van der Waals surface area contributed by atoms with Gasteiger partial charge in [0.15, 0.2) is 0 Å². The molecule has 0 atom stereocenters. The highest BCUT2D eigenvalue weighted by molar-refractivity contribution is 6.08. The fraction of sp³-hybridized carbons (Fsp3) is 0.294. The minimum Gasteiger partial charge on any atom is -0.497 e. The maximum Gasteiger partial charge on any atom is 0.330 e. The molecule has 1 amide bonds. The monoisotopic (exact) mass is 316 g/mol. The fourth-order valence-corrected chi connectivity index (χ4v) is 2.43. The van der Waals surface area contributed by atoms with Crippen LogP contribution in [-0.2, 0) is 16.6 Å². The van der Waals surface area contributed by atoms with Crippen LogP contribution in [0.4, 0.5) is 0 Å². The summed E-state index contributed by atoms with van der Waals surface area (Å²) in [5.41, 5.74) is 2.43. The highest BCUT2D eigenvalue weighted by atomic mass is 16.5. The van der Waals surface area contributed by atoms with Gasteiger partial charge < -0.3 is 19.4 Å². The number of fused-ring (bicyclic) bond motifs is 1. The van der Waals surface area contributed by atoms with Crippen LogP contribution in [0.15, 0.2) is 30.4 Å². The second kappa shape index (κ2) is 7.00. The molecule has 122 valence electrons. The van der Waals surface area contributed by atoms with E-state index in [-0.39, 0.29) is 12.5 Å². The molecule has 0 aliphatic carbocycles. The molecular formula is C17H20N2O4. The first-order valence-corrected chi connectivity index (χ1v) is 7.15. The summed E-state index contributed by atoms with van der Waals surface area (Å²) >= 11 is 0. The van der Waals surface area contributed by atoms with Crippen LogP contribution in [0.25, 0.3) is 10.9 Å². The molecule has 0 radical (unpaired) electrons. The first-order valence-electron chi connectivity index (χ1n) is 7.15. The molecule has 0 saturated heterocycles. The van der Waals surface area contributed by atoms with Crippen LogP contribution in [0.3, 0.4) is 0 Å². The molecular weight excluding hydrogens is 296 g/mol. The minimum atomic E-state index is -0.453. The Balaban J connectivity index is 2.27. The highest BCUT2D eigenvalue weighted by Gasteiger charge is 2.18. The molecule has 0 bridgehead atoms. The number of aryl methyl sites for hydroxylation is 1. The first-order chi connectivity index (χ1) is 11.0. The van der Waals surface area contributed by atoms with Crippen LogP contribution in [0.1, 0.15) is 16.1 Å². The smallest absolute Gasteiger partial charge is 0.330 e. The van der Waals surface area contributed by atoms with Gasteiger partial charge in [-0.05, 0) is 25.1 Å². The van der Waals surface area contributed by atoms with Gasteiger partial charge in [-0.3, -0.25) is 4.79 Å². The van der Waals surface area contributed by atoms with Gasteiger partial charge in [0.2, 0.25) is 0 Å². The maximum absolute atomic E-state index is 12.5. The Labute approximate surface area is 134 Å². The SMILES string of the molecule is COC(=O)/C=C/CNC(=O)c1c(C)n(C)c2ccc(OC)cc12. The Morgan fingerprint density at radius 3 is 2.70 bits per heavy atom. The number of rotatable bonds is 5. The number of aromatic nitrogens is 1. The molecule has 0 saturated carbocycles. The topological polar surface area (TPSA) is 69.6 Å². The summed E-state index contributed by atoms with van der Waals surface area (Å²) in [4.78, 5) is 23.5. The Bertz CT molecular complexity index is 774. The van der Waals surface area contributed by atoms with Crippen molar-refractivity contribution in [2.24, 2.45) is 7.05 Å². The third kappa shape index (κ3) is 3.36. The van der Waals surface area contributed by atoms with Gasteiger partial charge in [0.1, 0.15) is 5.75 Å². The second-order valence-electron chi connectivity index (χ2n) is 5.04. The van der Waals surface area contributed by atoms with Crippen LogP contribution in [0, 0.1) is 6.92 Å². The Morgan fingerprint density at radius 2 is 2.04 bits per heavy atom. The van der Waals surface area contributed by atoms with Gasteiger partial charge in [-0.1, -0.05) is 6.08 Å². The summed E-state index contributed by atoms with van der Waals surface area (Å²) < 4.78 is 11.7. The molecule has 1 aromatic carbocycles. The first kappa shape index (κ1) is 16.6. The van der Waals surface area contributed by atoms with Crippen LogP contribution >= 0.6 is 0 Å². The molecule has 23 heavy (non-hydrogen) atoms. The predicted octanol–water partition coefficient (Wildman–Crippen LogP) is 1.95. The summed E-state index contributed by atoms with van der Waals surface area (Å²) in [6, 6.07) is 5.64. The molecule has 6 heteroatoms. The molecule has 1 heterocycles. The Hall–Kier alpha value is -2.76. The van der Waals surface area contributed by atoms with E-state index in [0.29, 0.717) is 11.3 Å². The molecule has 0 aliphatic rings. The normalized spacial score (nSPS) is 11.0. The summed E-state index contributed by atoms with van der Waals surface area (Å²) in [6.07, 6.45) is 2.82. The average molecular weight is 316 g/mol. The van der Waals surface area contributed by atoms with Crippen molar-refractivity contribution in [3.63, 3.8) is 0 Å². The van der Waals surface area contributed by atoms with Gasteiger partial charge in [-0.15, -0.1) is 0 Å². The van der Waals surface area contributed by atoms with Crippen molar-refractivity contribution in [1.29, 1.82) is 0 Å². The van der Waals surface area contributed by atoms with E-state index < -0.39 is 5.97 Å². The van der Waals surface area contributed by atoms with Crippen molar-refractivity contribution in [2.45, 2.75) is 6.92 Å². The van der Waals surface area contributed by atoms with Crippen molar-refractivity contribution >= 4 is 22.8 Å². The number of esters is 1. The standard InChI is InChI=1S/C17H20N2O4/c1-11-16(17(21)18-9-5-6-15(20)23-4)13-10-12(22-3)7-8-14(13)19(11)2/h5-8,10H,9H2,1-4H3,(H,18,21)/b6-5+. The molecule has 2 aromatic rings. The number of hydrogen-bond acceptors (Lipinski definition) is 4. The molecule has 0 fully saturated rings. The number of ether oxygens (including phenoxy) is 2. The third-order valence-corrected chi connectivity index (χ3v) is 3.76.